The number of H-pyrrole nitrogens is 1. The summed E-state index contributed by atoms with van der Waals surface area (Å²) in [6.45, 7) is 1.64. The smallest absolute Gasteiger partial charge is 0.255 e. The minimum absolute atomic E-state index is 0.180. The average Bonchev–Trinajstić information content (AvgIpc) is 3.08. The number of halogens is 2. The Morgan fingerprint density at radius 1 is 1.40 bits per heavy atom. The topological polar surface area (TPSA) is 67.0 Å². The Bertz CT molecular complexity index is 798. The molecular formula is C18H21ClFN3O2. The molecule has 5 nitrogen and oxygen atoms in total. The van der Waals surface area contributed by atoms with Gasteiger partial charge in [0.2, 0.25) is 5.95 Å². The lowest BCUT2D eigenvalue weighted by molar-refractivity contribution is 0.129. The van der Waals surface area contributed by atoms with Gasteiger partial charge in [-0.05, 0) is 31.9 Å². The molecule has 0 bridgehead atoms. The molecule has 1 aliphatic rings. The number of methoxy groups -OCH3 is 1. The zero-order valence-corrected chi connectivity index (χ0v) is 15.0. The van der Waals surface area contributed by atoms with Crippen LogP contribution in [0.25, 0.3) is 0 Å². The van der Waals surface area contributed by atoms with Crippen LogP contribution in [-0.4, -0.2) is 23.1 Å². The second-order valence-corrected chi connectivity index (χ2v) is 6.71. The van der Waals surface area contributed by atoms with Crippen LogP contribution in [0.4, 0.5) is 10.3 Å². The van der Waals surface area contributed by atoms with E-state index in [1.807, 2.05) is 0 Å². The standard InChI is InChI=1S/C18H21ClFN3O2/c1-10-15(16(25-2)14-12(19)8-5-9-13(14)20)22-18(23-17(10)24)21-11-6-3-4-7-11/h5,8-9,11,16H,3-4,6-7H2,1-2H3,(H2,21,22,23,24). The molecule has 0 amide bonds. The third-order valence-corrected chi connectivity index (χ3v) is 4.96. The van der Waals surface area contributed by atoms with E-state index in [4.69, 9.17) is 16.3 Å². The van der Waals surface area contributed by atoms with E-state index < -0.39 is 11.9 Å². The molecule has 0 aliphatic heterocycles. The molecular weight excluding hydrogens is 345 g/mol. The summed E-state index contributed by atoms with van der Waals surface area (Å²) in [5.74, 6) is -0.113. The summed E-state index contributed by atoms with van der Waals surface area (Å²) in [6, 6.07) is 4.72. The van der Waals surface area contributed by atoms with Gasteiger partial charge in [0.25, 0.3) is 5.56 Å². The van der Waals surface area contributed by atoms with Crippen LogP contribution >= 0.6 is 11.6 Å². The number of anilines is 1. The predicted molar refractivity (Wildman–Crippen MR) is 95.7 cm³/mol. The van der Waals surface area contributed by atoms with Crippen LogP contribution in [0.5, 0.6) is 0 Å². The molecule has 1 aromatic heterocycles. The summed E-state index contributed by atoms with van der Waals surface area (Å²) in [6.07, 6.45) is 3.54. The van der Waals surface area contributed by atoms with Crippen LogP contribution in [0.3, 0.4) is 0 Å². The van der Waals surface area contributed by atoms with Gasteiger partial charge in [0.05, 0.1) is 5.69 Å². The fraction of sp³-hybridized carbons (Fsp3) is 0.444. The first kappa shape index (κ1) is 17.9. The first-order chi connectivity index (χ1) is 12.0. The van der Waals surface area contributed by atoms with Crippen LogP contribution in [0, 0.1) is 12.7 Å². The predicted octanol–water partition coefficient (Wildman–Crippen LogP) is 3.96. The third-order valence-electron chi connectivity index (χ3n) is 4.63. The molecule has 3 rings (SSSR count). The van der Waals surface area contributed by atoms with E-state index in [0.29, 0.717) is 17.2 Å². The van der Waals surface area contributed by atoms with E-state index in [-0.39, 0.29) is 22.2 Å². The molecule has 1 atom stereocenters. The van der Waals surface area contributed by atoms with Crippen molar-refractivity contribution in [3.63, 3.8) is 0 Å². The molecule has 7 heteroatoms. The number of nitrogens with one attached hydrogen (secondary N) is 2. The number of aromatic nitrogens is 2. The number of hydrogen-bond donors (Lipinski definition) is 2. The van der Waals surface area contributed by atoms with Crippen LogP contribution in [-0.2, 0) is 4.74 Å². The van der Waals surface area contributed by atoms with Gasteiger partial charge in [0.1, 0.15) is 11.9 Å². The largest absolute Gasteiger partial charge is 0.370 e. The van der Waals surface area contributed by atoms with Gasteiger partial charge in [-0.2, -0.15) is 0 Å². The average molecular weight is 366 g/mol. The lowest BCUT2D eigenvalue weighted by Crippen LogP contribution is -2.24. The molecule has 1 aliphatic carbocycles. The number of hydrogen-bond acceptors (Lipinski definition) is 4. The van der Waals surface area contributed by atoms with Crippen molar-refractivity contribution in [1.82, 2.24) is 9.97 Å². The van der Waals surface area contributed by atoms with Crippen LogP contribution in [0.15, 0.2) is 23.0 Å². The highest BCUT2D eigenvalue weighted by Gasteiger charge is 2.26. The lowest BCUT2D eigenvalue weighted by atomic mass is 10.0. The molecule has 0 saturated heterocycles. The van der Waals surface area contributed by atoms with Gasteiger partial charge in [-0.25, -0.2) is 9.37 Å². The van der Waals surface area contributed by atoms with Crippen LogP contribution in [0.1, 0.15) is 48.6 Å². The Morgan fingerprint density at radius 2 is 2.12 bits per heavy atom. The maximum atomic E-state index is 14.3. The van der Waals surface area contributed by atoms with Crippen molar-refractivity contribution in [3.05, 3.63) is 56.2 Å². The third kappa shape index (κ3) is 3.70. The fourth-order valence-electron chi connectivity index (χ4n) is 3.26. The van der Waals surface area contributed by atoms with Crippen molar-refractivity contribution in [1.29, 1.82) is 0 Å². The molecule has 1 aromatic carbocycles. The molecule has 134 valence electrons. The molecule has 1 unspecified atom stereocenters. The van der Waals surface area contributed by atoms with E-state index in [1.54, 1.807) is 13.0 Å². The molecule has 2 aromatic rings. The number of rotatable bonds is 5. The zero-order valence-electron chi connectivity index (χ0n) is 14.2. The lowest BCUT2D eigenvalue weighted by Gasteiger charge is -2.20. The highest BCUT2D eigenvalue weighted by molar-refractivity contribution is 6.31. The van der Waals surface area contributed by atoms with E-state index in [2.05, 4.69) is 15.3 Å². The van der Waals surface area contributed by atoms with Gasteiger partial charge < -0.3 is 10.1 Å². The first-order valence-electron chi connectivity index (χ1n) is 8.35. The Balaban J connectivity index is 2.04. The minimum Gasteiger partial charge on any atom is -0.370 e. The van der Waals surface area contributed by atoms with Crippen LogP contribution < -0.4 is 10.9 Å². The highest BCUT2D eigenvalue weighted by atomic mass is 35.5. The Morgan fingerprint density at radius 3 is 2.76 bits per heavy atom. The number of aromatic amines is 1. The van der Waals surface area contributed by atoms with Gasteiger partial charge in [-0.3, -0.25) is 9.78 Å². The molecule has 1 fully saturated rings. The second-order valence-electron chi connectivity index (χ2n) is 6.30. The highest BCUT2D eigenvalue weighted by Crippen LogP contribution is 2.33. The first-order valence-corrected chi connectivity index (χ1v) is 8.73. The van der Waals surface area contributed by atoms with Gasteiger partial charge in [-0.1, -0.05) is 30.5 Å². The summed E-state index contributed by atoms with van der Waals surface area (Å²) in [5.41, 5.74) is 0.640. The number of nitrogens with zero attached hydrogens (tertiary/aromatic N) is 1. The van der Waals surface area contributed by atoms with Gasteiger partial charge >= 0.3 is 0 Å². The van der Waals surface area contributed by atoms with Crippen molar-refractivity contribution >= 4 is 17.5 Å². The molecule has 0 spiro atoms. The Hall–Kier alpha value is -1.92. The molecule has 1 saturated carbocycles. The Labute approximate surface area is 150 Å². The monoisotopic (exact) mass is 365 g/mol. The minimum atomic E-state index is -0.861. The van der Waals surface area contributed by atoms with Crippen molar-refractivity contribution in [2.45, 2.75) is 44.8 Å². The second kappa shape index (κ2) is 7.54. The maximum Gasteiger partial charge on any atom is 0.255 e. The van der Waals surface area contributed by atoms with Crippen molar-refractivity contribution in [2.24, 2.45) is 0 Å². The van der Waals surface area contributed by atoms with Crippen LogP contribution in [0.2, 0.25) is 5.02 Å². The maximum absolute atomic E-state index is 14.3. The van der Waals surface area contributed by atoms with Gasteiger partial charge in [0.15, 0.2) is 0 Å². The van der Waals surface area contributed by atoms with Gasteiger partial charge in [0, 0.05) is 29.3 Å². The zero-order chi connectivity index (χ0) is 18.0. The molecule has 0 radical (unpaired) electrons. The van der Waals surface area contributed by atoms with E-state index in [0.717, 1.165) is 25.7 Å². The quantitative estimate of drug-likeness (QED) is 0.841. The van der Waals surface area contributed by atoms with E-state index in [1.165, 1.54) is 19.2 Å². The SMILES string of the molecule is COC(c1nc(NC2CCCC2)[nH]c(=O)c1C)c1c(F)cccc1Cl. The normalized spacial score (nSPS) is 16.2. The summed E-state index contributed by atoms with van der Waals surface area (Å²) in [7, 11) is 1.44. The summed E-state index contributed by atoms with van der Waals surface area (Å²) < 4.78 is 19.8. The molecule has 1 heterocycles. The summed E-state index contributed by atoms with van der Waals surface area (Å²) >= 11 is 6.17. The van der Waals surface area contributed by atoms with Crippen molar-refractivity contribution in [2.75, 3.05) is 12.4 Å². The number of ether oxygens (including phenoxy) is 1. The van der Waals surface area contributed by atoms with Crippen molar-refractivity contribution < 1.29 is 9.13 Å². The number of benzene rings is 1. The summed E-state index contributed by atoms with van der Waals surface area (Å²) in [5, 5.41) is 3.49. The molecule has 25 heavy (non-hydrogen) atoms. The fourth-order valence-corrected chi connectivity index (χ4v) is 3.53. The Kier molecular flexibility index (Phi) is 5.39. The van der Waals surface area contributed by atoms with E-state index in [9.17, 15) is 9.18 Å². The van der Waals surface area contributed by atoms with Crippen molar-refractivity contribution in [3.8, 4) is 0 Å². The summed E-state index contributed by atoms with van der Waals surface area (Å²) in [4.78, 5) is 19.6. The van der Waals surface area contributed by atoms with E-state index >= 15 is 0 Å². The molecule has 2 N–H and O–H groups in total. The van der Waals surface area contributed by atoms with Gasteiger partial charge in [-0.15, -0.1) is 0 Å².